The van der Waals surface area contributed by atoms with E-state index in [1.807, 2.05) is 38.1 Å². The van der Waals surface area contributed by atoms with Gasteiger partial charge in [0.2, 0.25) is 0 Å². The molecule has 0 amide bonds. The zero-order chi connectivity index (χ0) is 14.6. The van der Waals surface area contributed by atoms with E-state index in [0.717, 1.165) is 31.5 Å². The van der Waals surface area contributed by atoms with Crippen molar-refractivity contribution < 1.29 is 9.47 Å². The molecule has 1 rings (SSSR count). The number of ether oxygens (including phenoxy) is 2. The Labute approximate surface area is 121 Å². The molecule has 1 N–H and O–H groups in total. The van der Waals surface area contributed by atoms with E-state index in [1.54, 1.807) is 0 Å². The van der Waals surface area contributed by atoms with Gasteiger partial charge < -0.3 is 14.8 Å². The topological polar surface area (TPSA) is 54.3 Å². The summed E-state index contributed by atoms with van der Waals surface area (Å²) < 4.78 is 11.0. The Hall–Kier alpha value is -1.41. The molecular formula is C16H24N2O2. The Morgan fingerprint density at radius 2 is 2.00 bits per heavy atom. The first-order chi connectivity index (χ1) is 9.80. The summed E-state index contributed by atoms with van der Waals surface area (Å²) in [7, 11) is 0. The van der Waals surface area contributed by atoms with Crippen LogP contribution in [-0.2, 0) is 16.0 Å². The number of hydrogen-bond donors (Lipinski definition) is 1. The second-order valence-corrected chi connectivity index (χ2v) is 4.47. The van der Waals surface area contributed by atoms with Crippen LogP contribution >= 0.6 is 0 Å². The number of nitrogens with zero attached hydrogens (tertiary/aromatic N) is 1. The van der Waals surface area contributed by atoms with Gasteiger partial charge in [0.05, 0.1) is 11.6 Å². The van der Waals surface area contributed by atoms with Crippen molar-refractivity contribution in [2.45, 2.75) is 39.5 Å². The number of nitrogens with one attached hydrogen (secondary N) is 1. The van der Waals surface area contributed by atoms with Crippen LogP contribution in [0.3, 0.4) is 0 Å². The summed E-state index contributed by atoms with van der Waals surface area (Å²) in [6, 6.07) is 9.82. The van der Waals surface area contributed by atoms with Crippen LogP contribution < -0.4 is 5.32 Å². The van der Waals surface area contributed by atoms with Gasteiger partial charge in [0.1, 0.15) is 0 Å². The fraction of sp³-hybridized carbons (Fsp3) is 0.562. The highest BCUT2D eigenvalue weighted by Gasteiger charge is 2.06. The van der Waals surface area contributed by atoms with E-state index in [0.29, 0.717) is 18.8 Å². The smallest absolute Gasteiger partial charge is 0.157 e. The standard InChI is InChI=1S/C16H24N2O2/c1-3-19-16(20-4-2)9-6-10-18-13-15-8-5-7-14(11-15)12-17/h5,7-8,11,16,18H,3-4,6,9-10,13H2,1-2H3. The SMILES string of the molecule is CCOC(CCCNCc1cccc(C#N)c1)OCC. The zero-order valence-electron chi connectivity index (χ0n) is 12.4. The molecule has 4 nitrogen and oxygen atoms in total. The van der Waals surface area contributed by atoms with Crippen LogP contribution in [-0.4, -0.2) is 26.0 Å². The molecule has 20 heavy (non-hydrogen) atoms. The summed E-state index contributed by atoms with van der Waals surface area (Å²) in [5, 5.41) is 12.2. The molecule has 0 fully saturated rings. The first-order valence-electron chi connectivity index (χ1n) is 7.23. The molecule has 1 aromatic rings. The van der Waals surface area contributed by atoms with Gasteiger partial charge in [0.15, 0.2) is 6.29 Å². The van der Waals surface area contributed by atoms with E-state index in [-0.39, 0.29) is 6.29 Å². The van der Waals surface area contributed by atoms with E-state index in [4.69, 9.17) is 14.7 Å². The summed E-state index contributed by atoms with van der Waals surface area (Å²) in [6.45, 7) is 7.01. The lowest BCUT2D eigenvalue weighted by Gasteiger charge is -2.16. The maximum absolute atomic E-state index is 8.84. The van der Waals surface area contributed by atoms with E-state index < -0.39 is 0 Å². The molecule has 1 aromatic carbocycles. The second kappa shape index (κ2) is 10.4. The molecule has 0 aliphatic heterocycles. The number of nitriles is 1. The third kappa shape index (κ3) is 6.67. The number of hydrogen-bond acceptors (Lipinski definition) is 4. The molecule has 0 aliphatic carbocycles. The van der Waals surface area contributed by atoms with E-state index in [1.165, 1.54) is 0 Å². The molecule has 0 saturated carbocycles. The Morgan fingerprint density at radius 3 is 2.65 bits per heavy atom. The van der Waals surface area contributed by atoms with Crippen molar-refractivity contribution in [3.63, 3.8) is 0 Å². The highest BCUT2D eigenvalue weighted by molar-refractivity contribution is 5.32. The molecule has 0 heterocycles. The Kier molecular flexibility index (Phi) is 8.64. The summed E-state index contributed by atoms with van der Waals surface area (Å²) in [5.41, 5.74) is 1.84. The van der Waals surface area contributed by atoms with Crippen molar-refractivity contribution in [2.75, 3.05) is 19.8 Å². The minimum Gasteiger partial charge on any atom is -0.353 e. The van der Waals surface area contributed by atoms with Gasteiger partial charge in [-0.3, -0.25) is 0 Å². The van der Waals surface area contributed by atoms with Crippen molar-refractivity contribution in [1.82, 2.24) is 5.32 Å². The first kappa shape index (κ1) is 16.6. The van der Waals surface area contributed by atoms with Crippen LogP contribution in [0.5, 0.6) is 0 Å². The summed E-state index contributed by atoms with van der Waals surface area (Å²) in [4.78, 5) is 0. The van der Waals surface area contributed by atoms with Crippen LogP contribution in [0.15, 0.2) is 24.3 Å². The zero-order valence-corrected chi connectivity index (χ0v) is 12.4. The third-order valence-electron chi connectivity index (χ3n) is 2.88. The predicted octanol–water partition coefficient (Wildman–Crippen LogP) is 2.83. The molecule has 0 radical (unpaired) electrons. The van der Waals surface area contributed by atoms with Gasteiger partial charge in [-0.25, -0.2) is 0 Å². The van der Waals surface area contributed by atoms with Gasteiger partial charge in [-0.2, -0.15) is 5.26 Å². The average Bonchev–Trinajstić information content (AvgIpc) is 2.47. The fourth-order valence-corrected chi connectivity index (χ4v) is 1.96. The number of rotatable bonds is 10. The average molecular weight is 276 g/mol. The van der Waals surface area contributed by atoms with Crippen LogP contribution in [0.2, 0.25) is 0 Å². The monoisotopic (exact) mass is 276 g/mol. The molecular weight excluding hydrogens is 252 g/mol. The van der Waals surface area contributed by atoms with Gasteiger partial charge in [0, 0.05) is 19.8 Å². The van der Waals surface area contributed by atoms with E-state index in [9.17, 15) is 0 Å². The van der Waals surface area contributed by atoms with Crippen LogP contribution in [0.25, 0.3) is 0 Å². The summed E-state index contributed by atoms with van der Waals surface area (Å²) in [6.07, 6.45) is 1.81. The lowest BCUT2D eigenvalue weighted by molar-refractivity contribution is -0.139. The molecule has 4 heteroatoms. The van der Waals surface area contributed by atoms with Crippen molar-refractivity contribution in [3.8, 4) is 6.07 Å². The molecule has 0 aliphatic rings. The molecule has 0 saturated heterocycles. The minimum atomic E-state index is -0.0892. The predicted molar refractivity (Wildman–Crippen MR) is 79.1 cm³/mol. The lowest BCUT2D eigenvalue weighted by Crippen LogP contribution is -2.21. The Bertz CT molecular complexity index is 409. The fourth-order valence-electron chi connectivity index (χ4n) is 1.96. The van der Waals surface area contributed by atoms with Crippen molar-refractivity contribution in [2.24, 2.45) is 0 Å². The van der Waals surface area contributed by atoms with Crippen LogP contribution in [0.4, 0.5) is 0 Å². The van der Waals surface area contributed by atoms with Gasteiger partial charge >= 0.3 is 0 Å². The van der Waals surface area contributed by atoms with Gasteiger partial charge in [0.25, 0.3) is 0 Å². The van der Waals surface area contributed by atoms with Gasteiger partial charge in [-0.1, -0.05) is 12.1 Å². The van der Waals surface area contributed by atoms with Crippen molar-refractivity contribution >= 4 is 0 Å². The molecule has 0 spiro atoms. The normalized spacial score (nSPS) is 10.7. The number of benzene rings is 1. The largest absolute Gasteiger partial charge is 0.353 e. The third-order valence-corrected chi connectivity index (χ3v) is 2.88. The summed E-state index contributed by atoms with van der Waals surface area (Å²) in [5.74, 6) is 0. The minimum absolute atomic E-state index is 0.0892. The highest BCUT2D eigenvalue weighted by Crippen LogP contribution is 2.05. The molecule has 0 bridgehead atoms. The molecule has 0 aromatic heterocycles. The van der Waals surface area contributed by atoms with Gasteiger partial charge in [-0.15, -0.1) is 0 Å². The summed E-state index contributed by atoms with van der Waals surface area (Å²) >= 11 is 0. The maximum atomic E-state index is 8.84. The quantitative estimate of drug-likeness (QED) is 0.527. The van der Waals surface area contributed by atoms with Crippen molar-refractivity contribution in [1.29, 1.82) is 5.26 Å². The van der Waals surface area contributed by atoms with E-state index in [2.05, 4.69) is 11.4 Å². The Balaban J connectivity index is 2.19. The second-order valence-electron chi connectivity index (χ2n) is 4.47. The van der Waals surface area contributed by atoms with E-state index >= 15 is 0 Å². The van der Waals surface area contributed by atoms with Crippen molar-refractivity contribution in [3.05, 3.63) is 35.4 Å². The molecule has 110 valence electrons. The lowest BCUT2D eigenvalue weighted by atomic mass is 10.1. The highest BCUT2D eigenvalue weighted by atomic mass is 16.7. The van der Waals surface area contributed by atoms with Gasteiger partial charge in [-0.05, 0) is 50.9 Å². The molecule has 0 atom stereocenters. The molecule has 0 unspecified atom stereocenters. The van der Waals surface area contributed by atoms with Crippen LogP contribution in [0.1, 0.15) is 37.8 Å². The Morgan fingerprint density at radius 1 is 1.25 bits per heavy atom. The maximum Gasteiger partial charge on any atom is 0.157 e. The first-order valence-corrected chi connectivity index (χ1v) is 7.23. The van der Waals surface area contributed by atoms with Crippen LogP contribution in [0, 0.1) is 11.3 Å².